The summed E-state index contributed by atoms with van der Waals surface area (Å²) in [6, 6.07) is 8.24. The van der Waals surface area contributed by atoms with E-state index < -0.39 is 0 Å². The van der Waals surface area contributed by atoms with Crippen LogP contribution in [0.1, 0.15) is 44.2 Å². The van der Waals surface area contributed by atoms with Crippen molar-refractivity contribution in [2.24, 2.45) is 0 Å². The van der Waals surface area contributed by atoms with Crippen LogP contribution >= 0.6 is 0 Å². The van der Waals surface area contributed by atoms with Crippen molar-refractivity contribution in [3.8, 4) is 17.1 Å². The summed E-state index contributed by atoms with van der Waals surface area (Å²) < 4.78 is 1.74. The van der Waals surface area contributed by atoms with Crippen LogP contribution in [0.25, 0.3) is 11.3 Å². The van der Waals surface area contributed by atoms with E-state index in [1.807, 2.05) is 12.1 Å². The van der Waals surface area contributed by atoms with Crippen LogP contribution in [-0.4, -0.2) is 14.9 Å². The lowest BCUT2D eigenvalue weighted by Gasteiger charge is -2.05. The van der Waals surface area contributed by atoms with Gasteiger partial charge in [0.2, 0.25) is 5.88 Å². The molecule has 0 aliphatic carbocycles. The lowest BCUT2D eigenvalue weighted by molar-refractivity contribution is 0.392. The van der Waals surface area contributed by atoms with Crippen molar-refractivity contribution in [3.05, 3.63) is 35.4 Å². The fourth-order valence-electron chi connectivity index (χ4n) is 2.50. The van der Waals surface area contributed by atoms with Crippen molar-refractivity contribution in [3.63, 3.8) is 0 Å². The Morgan fingerprint density at radius 3 is 2.55 bits per heavy atom. The van der Waals surface area contributed by atoms with Gasteiger partial charge in [0.15, 0.2) is 0 Å². The number of unbranched alkanes of at least 4 members (excludes halogenated alkanes) is 1. The van der Waals surface area contributed by atoms with Crippen molar-refractivity contribution >= 4 is 0 Å². The smallest absolute Gasteiger partial charge is 0.213 e. The van der Waals surface area contributed by atoms with Gasteiger partial charge in [-0.05, 0) is 31.7 Å². The first-order chi connectivity index (χ1) is 9.69. The van der Waals surface area contributed by atoms with Crippen molar-refractivity contribution in [2.75, 3.05) is 0 Å². The molecule has 0 aliphatic rings. The van der Waals surface area contributed by atoms with Crippen LogP contribution < -0.4 is 0 Å². The van der Waals surface area contributed by atoms with Gasteiger partial charge in [-0.25, -0.2) is 4.68 Å². The van der Waals surface area contributed by atoms with Gasteiger partial charge in [0.05, 0.1) is 5.69 Å². The molecule has 108 valence electrons. The molecule has 0 atom stereocenters. The SMILES string of the molecule is CCCCc1c(-c2ccccc2C)nn(CCC)c1O. The molecule has 1 aromatic carbocycles. The first kappa shape index (κ1) is 14.6. The van der Waals surface area contributed by atoms with Crippen LogP contribution in [0.3, 0.4) is 0 Å². The zero-order valence-corrected chi connectivity index (χ0v) is 12.7. The van der Waals surface area contributed by atoms with Gasteiger partial charge in [0.1, 0.15) is 0 Å². The van der Waals surface area contributed by atoms with Crippen molar-refractivity contribution in [2.45, 2.75) is 53.0 Å². The maximum atomic E-state index is 10.4. The molecule has 0 bridgehead atoms. The van der Waals surface area contributed by atoms with E-state index in [1.165, 1.54) is 5.56 Å². The van der Waals surface area contributed by atoms with E-state index in [0.29, 0.717) is 5.88 Å². The number of hydrogen-bond acceptors (Lipinski definition) is 2. The first-order valence-corrected chi connectivity index (χ1v) is 7.53. The number of hydrogen-bond donors (Lipinski definition) is 1. The van der Waals surface area contributed by atoms with Crippen molar-refractivity contribution in [1.82, 2.24) is 9.78 Å². The second-order valence-corrected chi connectivity index (χ2v) is 5.29. The van der Waals surface area contributed by atoms with E-state index >= 15 is 0 Å². The molecule has 0 spiro atoms. The molecule has 0 saturated carbocycles. The standard InChI is InChI=1S/C17H24N2O/c1-4-6-10-15-16(14-11-8-7-9-13(14)3)18-19(12-5-2)17(15)20/h7-9,11,20H,4-6,10,12H2,1-3H3. The Morgan fingerprint density at radius 2 is 1.90 bits per heavy atom. The summed E-state index contributed by atoms with van der Waals surface area (Å²) in [5, 5.41) is 15.1. The molecule has 0 unspecified atom stereocenters. The van der Waals surface area contributed by atoms with Gasteiger partial charge >= 0.3 is 0 Å². The van der Waals surface area contributed by atoms with E-state index in [-0.39, 0.29) is 0 Å². The first-order valence-electron chi connectivity index (χ1n) is 7.53. The zero-order valence-electron chi connectivity index (χ0n) is 12.7. The van der Waals surface area contributed by atoms with Crippen LogP contribution in [0.15, 0.2) is 24.3 Å². The molecule has 0 saturated heterocycles. The van der Waals surface area contributed by atoms with E-state index in [4.69, 9.17) is 0 Å². The van der Waals surface area contributed by atoms with Gasteiger partial charge in [0, 0.05) is 17.7 Å². The van der Waals surface area contributed by atoms with Crippen molar-refractivity contribution in [1.29, 1.82) is 0 Å². The Balaban J connectivity index is 2.50. The Bertz CT molecular complexity index is 572. The summed E-state index contributed by atoms with van der Waals surface area (Å²) in [7, 11) is 0. The van der Waals surface area contributed by atoms with Crippen molar-refractivity contribution < 1.29 is 5.11 Å². The molecule has 3 heteroatoms. The molecule has 0 aliphatic heterocycles. The highest BCUT2D eigenvalue weighted by molar-refractivity contribution is 5.68. The largest absolute Gasteiger partial charge is 0.493 e. The van der Waals surface area contributed by atoms with Gasteiger partial charge in [-0.15, -0.1) is 0 Å². The molecule has 3 nitrogen and oxygen atoms in total. The number of nitrogens with zero attached hydrogens (tertiary/aromatic N) is 2. The van der Waals surface area contributed by atoms with Crippen LogP contribution in [0.4, 0.5) is 0 Å². The van der Waals surface area contributed by atoms with E-state index in [1.54, 1.807) is 4.68 Å². The minimum absolute atomic E-state index is 0.346. The molecule has 1 aromatic heterocycles. The third-order valence-corrected chi connectivity index (χ3v) is 3.64. The van der Waals surface area contributed by atoms with E-state index in [2.05, 4.69) is 38.0 Å². The van der Waals surface area contributed by atoms with Crippen LogP contribution in [0, 0.1) is 6.92 Å². The topological polar surface area (TPSA) is 38.0 Å². The van der Waals surface area contributed by atoms with Gasteiger partial charge in [-0.2, -0.15) is 5.10 Å². The predicted molar refractivity (Wildman–Crippen MR) is 83.0 cm³/mol. The maximum Gasteiger partial charge on any atom is 0.213 e. The van der Waals surface area contributed by atoms with E-state index in [0.717, 1.165) is 49.0 Å². The number of rotatable bonds is 6. The second kappa shape index (κ2) is 6.60. The molecule has 2 rings (SSSR count). The third-order valence-electron chi connectivity index (χ3n) is 3.64. The van der Waals surface area contributed by atoms with Crippen LogP contribution in [0.2, 0.25) is 0 Å². The normalized spacial score (nSPS) is 10.9. The van der Waals surface area contributed by atoms with Crippen LogP contribution in [-0.2, 0) is 13.0 Å². The highest BCUT2D eigenvalue weighted by atomic mass is 16.3. The van der Waals surface area contributed by atoms with Gasteiger partial charge in [0.25, 0.3) is 0 Å². The molecule has 1 N–H and O–H groups in total. The minimum atomic E-state index is 0.346. The Kier molecular flexibility index (Phi) is 4.83. The number of aromatic hydroxyl groups is 1. The molecule has 20 heavy (non-hydrogen) atoms. The molecule has 0 radical (unpaired) electrons. The fraction of sp³-hybridized carbons (Fsp3) is 0.471. The average Bonchev–Trinajstić information content (AvgIpc) is 2.74. The third kappa shape index (κ3) is 2.87. The quantitative estimate of drug-likeness (QED) is 0.850. The lowest BCUT2D eigenvalue weighted by Crippen LogP contribution is -1.98. The van der Waals surface area contributed by atoms with Gasteiger partial charge in [-0.1, -0.05) is 44.5 Å². The Labute approximate surface area is 121 Å². The Hall–Kier alpha value is -1.77. The van der Waals surface area contributed by atoms with Gasteiger partial charge in [-0.3, -0.25) is 0 Å². The molecule has 1 heterocycles. The highest BCUT2D eigenvalue weighted by Gasteiger charge is 2.18. The maximum absolute atomic E-state index is 10.4. The average molecular weight is 272 g/mol. The molecule has 0 amide bonds. The molecular formula is C17H24N2O. The fourth-order valence-corrected chi connectivity index (χ4v) is 2.50. The monoisotopic (exact) mass is 272 g/mol. The summed E-state index contributed by atoms with van der Waals surface area (Å²) >= 11 is 0. The number of benzene rings is 1. The molecule has 2 aromatic rings. The second-order valence-electron chi connectivity index (χ2n) is 5.29. The molecular weight excluding hydrogens is 248 g/mol. The number of aromatic nitrogens is 2. The van der Waals surface area contributed by atoms with Gasteiger partial charge < -0.3 is 5.11 Å². The summed E-state index contributed by atoms with van der Waals surface area (Å²) in [4.78, 5) is 0. The predicted octanol–water partition coefficient (Wildman–Crippen LogP) is 4.32. The summed E-state index contributed by atoms with van der Waals surface area (Å²) in [5.74, 6) is 0.346. The highest BCUT2D eigenvalue weighted by Crippen LogP contribution is 2.32. The summed E-state index contributed by atoms with van der Waals surface area (Å²) in [6.45, 7) is 7.12. The Morgan fingerprint density at radius 1 is 1.15 bits per heavy atom. The van der Waals surface area contributed by atoms with Crippen LogP contribution in [0.5, 0.6) is 5.88 Å². The number of aryl methyl sites for hydroxylation is 2. The van der Waals surface area contributed by atoms with E-state index in [9.17, 15) is 5.11 Å². The zero-order chi connectivity index (χ0) is 14.5. The summed E-state index contributed by atoms with van der Waals surface area (Å²) in [5.41, 5.74) is 4.27. The molecule has 0 fully saturated rings. The minimum Gasteiger partial charge on any atom is -0.493 e. The lowest BCUT2D eigenvalue weighted by atomic mass is 10.00. The summed E-state index contributed by atoms with van der Waals surface area (Å²) in [6.07, 6.45) is 4.04.